The number of aromatic nitrogens is 4. The van der Waals surface area contributed by atoms with Crippen molar-refractivity contribution in [3.05, 3.63) is 64.7 Å². The topological polar surface area (TPSA) is 73.6 Å². The van der Waals surface area contributed by atoms with Crippen molar-refractivity contribution < 1.29 is 9.18 Å². The first-order valence-corrected chi connectivity index (χ1v) is 14.8. The van der Waals surface area contributed by atoms with Crippen LogP contribution in [-0.2, 0) is 11.8 Å². The predicted octanol–water partition coefficient (Wildman–Crippen LogP) is 5.42. The van der Waals surface area contributed by atoms with Crippen LogP contribution in [0.3, 0.4) is 0 Å². The molecule has 0 saturated carbocycles. The van der Waals surface area contributed by atoms with Gasteiger partial charge in [0.1, 0.15) is 11.3 Å². The highest BCUT2D eigenvalue weighted by Gasteiger charge is 2.35. The van der Waals surface area contributed by atoms with Gasteiger partial charge in [-0.05, 0) is 51.7 Å². The molecular formula is C31H33Cl2FN8O. The minimum absolute atomic E-state index is 0.152. The number of anilines is 2. The van der Waals surface area contributed by atoms with Crippen LogP contribution in [0.5, 0.6) is 0 Å². The Kier molecular flexibility index (Phi) is 7.35. The molecule has 0 unspecified atom stereocenters. The molecule has 0 N–H and O–H groups in total. The fourth-order valence-electron chi connectivity index (χ4n) is 6.02. The molecule has 0 aliphatic carbocycles. The van der Waals surface area contributed by atoms with Crippen LogP contribution >= 0.6 is 23.2 Å². The lowest BCUT2D eigenvalue weighted by molar-refractivity contribution is -0.124. The highest BCUT2D eigenvalue weighted by molar-refractivity contribution is 6.36. The van der Waals surface area contributed by atoms with E-state index in [2.05, 4.69) is 23.2 Å². The molecule has 1 atom stereocenters. The maximum absolute atomic E-state index is 17.0. The number of piperazine rings is 1. The van der Waals surface area contributed by atoms with Gasteiger partial charge in [-0.2, -0.15) is 10.1 Å². The van der Waals surface area contributed by atoms with Crippen molar-refractivity contribution in [3.8, 4) is 11.1 Å². The summed E-state index contributed by atoms with van der Waals surface area (Å²) in [6, 6.07) is 5.70. The fraction of sp³-hybridized carbons (Fsp3) is 0.355. The molecule has 2 aliphatic heterocycles. The third kappa shape index (κ3) is 4.72. The number of rotatable bonds is 5. The van der Waals surface area contributed by atoms with Crippen molar-refractivity contribution in [3.63, 3.8) is 0 Å². The van der Waals surface area contributed by atoms with E-state index < -0.39 is 5.82 Å². The smallest absolute Gasteiger partial charge is 0.250 e. The summed E-state index contributed by atoms with van der Waals surface area (Å²) in [5, 5.41) is 6.11. The third-order valence-corrected chi connectivity index (χ3v) is 9.15. The van der Waals surface area contributed by atoms with Crippen LogP contribution in [0.4, 0.5) is 16.2 Å². The lowest BCUT2D eigenvalue weighted by Crippen LogP contribution is -2.58. The molecule has 43 heavy (non-hydrogen) atoms. The van der Waals surface area contributed by atoms with E-state index in [-0.39, 0.29) is 28.1 Å². The van der Waals surface area contributed by atoms with E-state index in [0.29, 0.717) is 63.6 Å². The van der Waals surface area contributed by atoms with Gasteiger partial charge >= 0.3 is 0 Å². The molecule has 6 rings (SSSR count). The number of amides is 1. The normalized spacial score (nSPS) is 17.8. The zero-order valence-corrected chi connectivity index (χ0v) is 26.3. The van der Waals surface area contributed by atoms with Gasteiger partial charge in [0.2, 0.25) is 11.9 Å². The average molecular weight is 624 g/mol. The molecule has 4 heterocycles. The van der Waals surface area contributed by atoms with Gasteiger partial charge in [0.25, 0.3) is 0 Å². The molecule has 2 fully saturated rings. The van der Waals surface area contributed by atoms with Crippen LogP contribution in [0.1, 0.15) is 12.5 Å². The molecule has 2 saturated heterocycles. The zero-order chi connectivity index (χ0) is 30.9. The van der Waals surface area contributed by atoms with Crippen LogP contribution in [0, 0.1) is 12.7 Å². The summed E-state index contributed by atoms with van der Waals surface area (Å²) in [5.41, 5.74) is 3.13. The van der Waals surface area contributed by atoms with Crippen LogP contribution in [0.15, 0.2) is 43.1 Å². The number of carbonyl (C=O) groups excluding carboxylic acids is 1. The summed E-state index contributed by atoms with van der Waals surface area (Å²) < 4.78 is 18.7. The van der Waals surface area contributed by atoms with Crippen LogP contribution in [-0.4, -0.2) is 87.8 Å². The van der Waals surface area contributed by atoms with E-state index in [1.165, 1.54) is 6.08 Å². The molecule has 4 aromatic rings. The second-order valence-corrected chi connectivity index (χ2v) is 12.3. The van der Waals surface area contributed by atoms with Crippen molar-refractivity contribution in [2.75, 3.05) is 50.1 Å². The summed E-state index contributed by atoms with van der Waals surface area (Å²) in [6.07, 6.45) is 1.28. The van der Waals surface area contributed by atoms with Gasteiger partial charge in [-0.3, -0.25) is 9.48 Å². The van der Waals surface area contributed by atoms with Gasteiger partial charge in [-0.15, -0.1) is 0 Å². The van der Waals surface area contributed by atoms with Crippen molar-refractivity contribution in [1.82, 2.24) is 29.5 Å². The van der Waals surface area contributed by atoms with E-state index >= 15 is 4.39 Å². The van der Waals surface area contributed by atoms with E-state index in [1.807, 2.05) is 49.9 Å². The molecule has 12 heteroatoms. The van der Waals surface area contributed by atoms with Crippen molar-refractivity contribution >= 4 is 62.7 Å². The minimum Gasteiger partial charge on any atom is -0.346 e. The number of carbonyl (C=O) groups is 1. The Bertz CT molecular complexity index is 1830. The van der Waals surface area contributed by atoms with E-state index in [9.17, 15) is 4.79 Å². The second-order valence-electron chi connectivity index (χ2n) is 11.6. The van der Waals surface area contributed by atoms with Crippen LogP contribution in [0.25, 0.3) is 32.9 Å². The summed E-state index contributed by atoms with van der Waals surface area (Å²) in [6.45, 7) is 13.8. The molecule has 1 amide bonds. The Labute approximate surface area is 259 Å². The molecule has 2 aromatic carbocycles. The van der Waals surface area contributed by atoms with E-state index in [1.54, 1.807) is 22.7 Å². The summed E-state index contributed by atoms with van der Waals surface area (Å²) in [5.74, 6) is 0.225. The lowest BCUT2D eigenvalue weighted by Gasteiger charge is -2.44. The molecule has 2 aliphatic rings. The van der Waals surface area contributed by atoms with Crippen LogP contribution < -0.4 is 9.80 Å². The zero-order valence-electron chi connectivity index (χ0n) is 24.8. The molecule has 0 radical (unpaired) electrons. The summed E-state index contributed by atoms with van der Waals surface area (Å²) in [4.78, 5) is 30.1. The lowest BCUT2D eigenvalue weighted by atomic mass is 9.95. The van der Waals surface area contributed by atoms with Gasteiger partial charge in [-0.25, -0.2) is 9.37 Å². The summed E-state index contributed by atoms with van der Waals surface area (Å²) in [7, 11) is 5.85. The van der Waals surface area contributed by atoms with Crippen molar-refractivity contribution in [1.29, 1.82) is 0 Å². The molecule has 0 bridgehead atoms. The highest BCUT2D eigenvalue weighted by Crippen LogP contribution is 2.44. The Morgan fingerprint density at radius 1 is 1.14 bits per heavy atom. The molecular weight excluding hydrogens is 590 g/mol. The molecule has 224 valence electrons. The first-order valence-electron chi connectivity index (χ1n) is 14.0. The predicted molar refractivity (Wildman–Crippen MR) is 172 cm³/mol. The van der Waals surface area contributed by atoms with Gasteiger partial charge in [-0.1, -0.05) is 42.4 Å². The Balaban J connectivity index is 1.57. The average Bonchev–Trinajstić information content (AvgIpc) is 3.22. The monoisotopic (exact) mass is 622 g/mol. The van der Waals surface area contributed by atoms with Gasteiger partial charge in [0.05, 0.1) is 17.1 Å². The maximum Gasteiger partial charge on any atom is 0.250 e. The Morgan fingerprint density at radius 2 is 1.86 bits per heavy atom. The minimum atomic E-state index is -0.544. The number of nitrogens with zero attached hydrogens (tertiary/aromatic N) is 8. The number of benzene rings is 2. The quantitative estimate of drug-likeness (QED) is 0.275. The first-order chi connectivity index (χ1) is 20.4. The van der Waals surface area contributed by atoms with E-state index in [0.717, 1.165) is 18.7 Å². The number of likely N-dealkylation sites (N-methyl/N-ethyl adjacent to an activating group) is 1. The number of halogens is 3. The third-order valence-electron chi connectivity index (χ3n) is 8.57. The van der Waals surface area contributed by atoms with Crippen molar-refractivity contribution in [2.24, 2.45) is 7.05 Å². The van der Waals surface area contributed by atoms with Gasteiger partial charge < -0.3 is 19.6 Å². The van der Waals surface area contributed by atoms with Gasteiger partial charge in [0.15, 0.2) is 11.0 Å². The van der Waals surface area contributed by atoms with Gasteiger partial charge in [0, 0.05) is 66.4 Å². The number of hydrogen-bond donors (Lipinski definition) is 0. The number of aryl methyl sites for hydroxylation is 2. The first kappa shape index (κ1) is 29.3. The highest BCUT2D eigenvalue weighted by atomic mass is 35.5. The Morgan fingerprint density at radius 3 is 2.53 bits per heavy atom. The maximum atomic E-state index is 17.0. The standard InChI is InChI=1S/C31H33Cl2FN8O/c1-8-23(43)41-12-18(4)42(13-17(41)3)30-21-11-22(32)25(24-16(2)9-10-20-28(24)39(7)37-29(20)33)26(34)27(21)35-31(36-30)40-14-19(15-40)38(5)6/h8-11,18-19H,1,3,12-15H2,2,4-7H3/t18-/m0/s1. The summed E-state index contributed by atoms with van der Waals surface area (Å²) >= 11 is 13.4. The molecule has 0 spiro atoms. The molecule has 2 aromatic heterocycles. The van der Waals surface area contributed by atoms with Crippen LogP contribution in [0.2, 0.25) is 10.2 Å². The van der Waals surface area contributed by atoms with Crippen molar-refractivity contribution in [2.45, 2.75) is 25.9 Å². The number of hydrogen-bond acceptors (Lipinski definition) is 7. The number of fused-ring (bicyclic) bond motifs is 2. The fourth-order valence-corrected chi connectivity index (χ4v) is 6.57. The SMILES string of the molecule is C=CC(=O)N1C[C@H](C)N(c2nc(N3CC(N(C)C)C3)nc3c(F)c(-c4c(C)ccc5c(Cl)nn(C)c45)c(Cl)cc23)CC1=C. The Hall–Kier alpha value is -3.73. The second kappa shape index (κ2) is 10.8. The largest absolute Gasteiger partial charge is 0.346 e. The molecule has 9 nitrogen and oxygen atoms in total. The van der Waals surface area contributed by atoms with E-state index in [4.69, 9.17) is 33.2 Å².